The summed E-state index contributed by atoms with van der Waals surface area (Å²) in [7, 11) is -16.4. The molecule has 28 heteroatoms. The topological polar surface area (TPSA) is 364 Å². The zero-order valence-corrected chi connectivity index (χ0v) is 35.3. The fourth-order valence-corrected chi connectivity index (χ4v) is 8.63. The fraction of sp³-hybridized carbons (Fsp3) is 0.667. The van der Waals surface area contributed by atoms with E-state index >= 15 is 0 Å². The number of nitrogen functional groups attached to an aromatic ring is 1. The summed E-state index contributed by atoms with van der Waals surface area (Å²) in [4.78, 5) is 87.6. The average Bonchev–Trinajstić information content (AvgIpc) is 3.69. The van der Waals surface area contributed by atoms with Crippen molar-refractivity contribution in [1.82, 2.24) is 30.2 Å². The van der Waals surface area contributed by atoms with Crippen molar-refractivity contribution in [2.45, 2.75) is 89.9 Å². The first-order valence-electron chi connectivity index (χ1n) is 17.8. The van der Waals surface area contributed by atoms with Crippen LogP contribution in [0, 0.1) is 5.41 Å². The Hall–Kier alpha value is -2.70. The Bertz CT molecular complexity index is 1880. The molecule has 2 amide bonds. The highest BCUT2D eigenvalue weighted by Crippen LogP contribution is 2.61. The number of carbonyl (C=O) groups excluding carboxylic acids is 3. The standard InChI is InChI=1S/C30H50N7O17P3S/c1-4-5-6-7-8-9-10-21(39)58-14-13-32-20(38)11-12-33-28(42)25(41)30(2,3)16-51-57(48,49)54-56(46,47)50-15-19-24(53-55(43,44)45)23(40)29(52-19)37-18-36-22-26(31)34-17-35-27(22)37/h9-10,17-19,23-25,29,40-41H,4-8,11-16H2,1-3H3,(H,32,38)(H,33,42)(H,46,47)(H,48,49)(H2,31,34,35)(H2,43,44,45)/b10-9+. The van der Waals surface area contributed by atoms with Crippen molar-refractivity contribution in [3.8, 4) is 0 Å². The lowest BCUT2D eigenvalue weighted by Crippen LogP contribution is -2.46. The van der Waals surface area contributed by atoms with E-state index in [9.17, 15) is 57.9 Å². The van der Waals surface area contributed by atoms with Gasteiger partial charge in [0.15, 0.2) is 17.7 Å². The maximum Gasteiger partial charge on any atom is 0.481 e. The molecular formula is C30H50N7O17P3S. The van der Waals surface area contributed by atoms with Crippen LogP contribution in [0.3, 0.4) is 0 Å². The smallest absolute Gasteiger partial charge is 0.386 e. The van der Waals surface area contributed by atoms with Gasteiger partial charge in [-0.25, -0.2) is 28.6 Å². The fourth-order valence-electron chi connectivity index (χ4n) is 5.20. The van der Waals surface area contributed by atoms with E-state index in [0.29, 0.717) is 5.75 Å². The molecule has 1 aliphatic heterocycles. The van der Waals surface area contributed by atoms with Gasteiger partial charge in [-0.2, -0.15) is 4.31 Å². The van der Waals surface area contributed by atoms with Gasteiger partial charge in [0, 0.05) is 30.7 Å². The van der Waals surface area contributed by atoms with Gasteiger partial charge in [-0.3, -0.25) is 32.5 Å². The van der Waals surface area contributed by atoms with Crippen LogP contribution in [-0.2, 0) is 50.7 Å². The van der Waals surface area contributed by atoms with E-state index in [4.69, 9.17) is 19.5 Å². The van der Waals surface area contributed by atoms with E-state index < -0.39 is 84.6 Å². The number of imidazole rings is 1. The third kappa shape index (κ3) is 16.1. The summed E-state index contributed by atoms with van der Waals surface area (Å²) >= 11 is 1.05. The molecule has 1 fully saturated rings. The van der Waals surface area contributed by atoms with Crippen molar-refractivity contribution < 1.29 is 80.5 Å². The Labute approximate surface area is 337 Å². The summed E-state index contributed by atoms with van der Waals surface area (Å²) in [6.07, 6.45) is 1.68. The number of anilines is 1. The van der Waals surface area contributed by atoms with Crippen LogP contribution in [0.25, 0.3) is 11.2 Å². The molecule has 58 heavy (non-hydrogen) atoms. The van der Waals surface area contributed by atoms with Crippen LogP contribution in [0.4, 0.5) is 5.82 Å². The van der Waals surface area contributed by atoms with Crippen molar-refractivity contribution in [2.75, 3.05) is 37.8 Å². The largest absolute Gasteiger partial charge is 0.481 e. The third-order valence-corrected chi connectivity index (χ3v) is 12.2. The van der Waals surface area contributed by atoms with Crippen LogP contribution in [0.15, 0.2) is 24.8 Å². The van der Waals surface area contributed by atoms with Crippen LogP contribution in [-0.4, -0.2) is 123 Å². The molecule has 2 aromatic heterocycles. The van der Waals surface area contributed by atoms with Crippen LogP contribution < -0.4 is 16.4 Å². The van der Waals surface area contributed by atoms with Crippen molar-refractivity contribution in [2.24, 2.45) is 5.41 Å². The average molecular weight is 906 g/mol. The van der Waals surface area contributed by atoms with Gasteiger partial charge < -0.3 is 50.9 Å². The van der Waals surface area contributed by atoms with E-state index in [1.54, 1.807) is 0 Å². The minimum absolute atomic E-state index is 0.0312. The maximum atomic E-state index is 12.7. The molecule has 0 aliphatic carbocycles. The van der Waals surface area contributed by atoms with Crippen LogP contribution in [0.1, 0.15) is 65.5 Å². The van der Waals surface area contributed by atoms with Gasteiger partial charge in [0.05, 0.1) is 19.5 Å². The molecule has 3 rings (SSSR count). The molecule has 2 aromatic rings. The van der Waals surface area contributed by atoms with Gasteiger partial charge in [0.1, 0.15) is 36.3 Å². The number of aliphatic hydroxyl groups excluding tert-OH is 2. The summed E-state index contributed by atoms with van der Waals surface area (Å²) in [5.41, 5.74) is 4.27. The van der Waals surface area contributed by atoms with Gasteiger partial charge in [0.2, 0.25) is 16.9 Å². The molecule has 24 nitrogen and oxygen atoms in total. The number of hydrogen-bond donors (Lipinski definition) is 9. The summed E-state index contributed by atoms with van der Waals surface area (Å²) in [6, 6.07) is 0. The Kier molecular flexibility index (Phi) is 19.0. The van der Waals surface area contributed by atoms with Gasteiger partial charge in [-0.1, -0.05) is 57.9 Å². The predicted octanol–water partition coefficient (Wildman–Crippen LogP) is 1.19. The number of ether oxygens (including phenoxy) is 1. The zero-order valence-electron chi connectivity index (χ0n) is 31.8. The summed E-state index contributed by atoms with van der Waals surface area (Å²) in [5, 5.41) is 26.3. The van der Waals surface area contributed by atoms with Crippen LogP contribution in [0.5, 0.6) is 0 Å². The first-order chi connectivity index (χ1) is 27.1. The molecule has 0 bridgehead atoms. The molecule has 0 saturated carbocycles. The second-order valence-corrected chi connectivity index (χ2v) is 18.8. The molecule has 7 atom stereocenters. The number of phosphoric acid groups is 3. The highest BCUT2D eigenvalue weighted by molar-refractivity contribution is 8.14. The molecule has 0 aromatic carbocycles. The Balaban J connectivity index is 1.44. The number of carbonyl (C=O) groups is 3. The quantitative estimate of drug-likeness (QED) is 0.0384. The van der Waals surface area contributed by atoms with Crippen molar-refractivity contribution >= 4 is 69.1 Å². The number of nitrogens with zero attached hydrogens (tertiary/aromatic N) is 4. The number of amides is 2. The van der Waals surface area contributed by atoms with E-state index in [1.807, 2.05) is 6.08 Å². The molecule has 1 aliphatic rings. The van der Waals surface area contributed by atoms with E-state index in [2.05, 4.69) is 41.3 Å². The number of thioether (sulfide) groups is 1. The minimum atomic E-state index is -5.57. The third-order valence-electron chi connectivity index (χ3n) is 8.22. The highest BCUT2D eigenvalue weighted by Gasteiger charge is 2.50. The lowest BCUT2D eigenvalue weighted by atomic mass is 9.87. The highest BCUT2D eigenvalue weighted by atomic mass is 32.2. The van der Waals surface area contributed by atoms with Crippen LogP contribution in [0.2, 0.25) is 0 Å². The molecule has 10 N–H and O–H groups in total. The number of nitrogens with one attached hydrogen (secondary N) is 2. The molecule has 7 unspecified atom stereocenters. The molecule has 328 valence electrons. The van der Waals surface area contributed by atoms with Gasteiger partial charge in [-0.05, 0) is 18.9 Å². The van der Waals surface area contributed by atoms with Gasteiger partial charge >= 0.3 is 23.5 Å². The minimum Gasteiger partial charge on any atom is -0.386 e. The van der Waals surface area contributed by atoms with E-state index in [-0.39, 0.29) is 41.6 Å². The Morgan fingerprint density at radius 3 is 2.45 bits per heavy atom. The number of phosphoric ester groups is 3. The van der Waals surface area contributed by atoms with Gasteiger partial charge in [0.25, 0.3) is 0 Å². The SMILES string of the molecule is CCCCCC/C=C/C(=O)SCCNC(=O)CCNC(=O)C(O)C(C)(C)COP(=O)(O)OP(=O)(O)OCC1OC(n2cnc3c(N)ncnc32)C(O)C1OP(=O)(O)O. The van der Waals surface area contributed by atoms with Crippen molar-refractivity contribution in [3.05, 3.63) is 24.8 Å². The molecular weight excluding hydrogens is 855 g/mol. The first-order valence-corrected chi connectivity index (χ1v) is 23.3. The van der Waals surface area contributed by atoms with Gasteiger partial charge in [-0.15, -0.1) is 0 Å². The molecule has 1 saturated heterocycles. The lowest BCUT2D eigenvalue weighted by molar-refractivity contribution is -0.137. The summed E-state index contributed by atoms with van der Waals surface area (Å²) in [5.74, 6) is -1.11. The number of hydrogen-bond acceptors (Lipinski definition) is 18. The summed E-state index contributed by atoms with van der Waals surface area (Å²) < 4.78 is 62.2. The second kappa shape index (κ2) is 22.2. The number of unbranched alkanes of at least 4 members (excludes halogenated alkanes) is 4. The van der Waals surface area contributed by atoms with E-state index in [1.165, 1.54) is 19.9 Å². The molecule has 0 spiro atoms. The number of aliphatic hydroxyl groups is 2. The normalized spacial score (nSPS) is 21.5. The number of fused-ring (bicyclic) bond motifs is 1. The molecule has 3 heterocycles. The van der Waals surface area contributed by atoms with E-state index in [0.717, 1.165) is 61.1 Å². The second-order valence-electron chi connectivity index (χ2n) is 13.5. The lowest BCUT2D eigenvalue weighted by Gasteiger charge is -2.30. The predicted molar refractivity (Wildman–Crippen MR) is 205 cm³/mol. The summed E-state index contributed by atoms with van der Waals surface area (Å²) in [6.45, 7) is 2.62. The maximum absolute atomic E-state index is 12.7. The van der Waals surface area contributed by atoms with Crippen molar-refractivity contribution in [1.29, 1.82) is 0 Å². The Morgan fingerprint density at radius 2 is 1.76 bits per heavy atom. The monoisotopic (exact) mass is 905 g/mol. The zero-order chi connectivity index (χ0) is 43.3. The van der Waals surface area contributed by atoms with Crippen LogP contribution >= 0.6 is 35.2 Å². The number of nitrogens with two attached hydrogens (primary N) is 1. The first kappa shape index (κ1) is 49.7. The number of rotatable bonds is 25. The number of allylic oxidation sites excluding steroid dienone is 1. The molecule has 0 radical (unpaired) electrons. The number of aromatic nitrogens is 4. The van der Waals surface area contributed by atoms with Crippen molar-refractivity contribution in [3.63, 3.8) is 0 Å². The Morgan fingerprint density at radius 1 is 1.05 bits per heavy atom.